The molecule has 0 aliphatic heterocycles. The standard InChI is InChI=1S/C13H24N2O3S/c1-10(2)11(3)8-14-9-12-6-7-13(18-12)19(16,17)15(4)5/h6-7,10-11,14H,8-9H2,1-5H3. The van der Waals surface area contributed by atoms with Crippen molar-refractivity contribution in [3.63, 3.8) is 0 Å². The molecule has 1 N–H and O–H groups in total. The van der Waals surface area contributed by atoms with Crippen LogP contribution in [0.25, 0.3) is 0 Å². The van der Waals surface area contributed by atoms with Crippen molar-refractivity contribution in [2.45, 2.75) is 32.4 Å². The first-order chi connectivity index (χ1) is 8.75. The molecule has 0 saturated heterocycles. The molecule has 0 radical (unpaired) electrons. The Hall–Kier alpha value is -0.850. The van der Waals surface area contributed by atoms with Gasteiger partial charge < -0.3 is 9.73 Å². The highest BCUT2D eigenvalue weighted by Crippen LogP contribution is 2.17. The molecule has 0 aromatic carbocycles. The lowest BCUT2D eigenvalue weighted by Gasteiger charge is -2.15. The Kier molecular flexibility index (Phi) is 5.58. The van der Waals surface area contributed by atoms with E-state index in [1.165, 1.54) is 20.2 Å². The van der Waals surface area contributed by atoms with Gasteiger partial charge in [0.15, 0.2) is 0 Å². The highest BCUT2D eigenvalue weighted by molar-refractivity contribution is 7.88. The monoisotopic (exact) mass is 288 g/mol. The predicted octanol–water partition coefficient (Wildman–Crippen LogP) is 1.91. The smallest absolute Gasteiger partial charge is 0.275 e. The van der Waals surface area contributed by atoms with E-state index in [0.29, 0.717) is 24.1 Å². The van der Waals surface area contributed by atoms with Gasteiger partial charge in [0.25, 0.3) is 10.0 Å². The molecule has 0 spiro atoms. The number of hydrogen-bond acceptors (Lipinski definition) is 4. The molecule has 0 aliphatic carbocycles. The van der Waals surface area contributed by atoms with Gasteiger partial charge in [-0.1, -0.05) is 20.8 Å². The zero-order valence-corrected chi connectivity index (χ0v) is 13.1. The Bertz CT molecular complexity index is 492. The second-order valence-corrected chi connectivity index (χ2v) is 7.44. The van der Waals surface area contributed by atoms with E-state index in [1.807, 2.05) is 0 Å². The summed E-state index contributed by atoms with van der Waals surface area (Å²) in [6.45, 7) is 7.97. The first kappa shape index (κ1) is 16.2. The topological polar surface area (TPSA) is 62.6 Å². The fourth-order valence-corrected chi connectivity index (χ4v) is 2.24. The molecule has 19 heavy (non-hydrogen) atoms. The molecule has 1 atom stereocenters. The summed E-state index contributed by atoms with van der Waals surface area (Å²) in [5, 5.41) is 3.27. The van der Waals surface area contributed by atoms with Crippen LogP contribution in [0.4, 0.5) is 0 Å². The van der Waals surface area contributed by atoms with Crippen molar-refractivity contribution in [3.8, 4) is 0 Å². The third kappa shape index (κ3) is 4.33. The maximum absolute atomic E-state index is 11.8. The van der Waals surface area contributed by atoms with Crippen LogP contribution in [0.5, 0.6) is 0 Å². The molecule has 0 bridgehead atoms. The number of nitrogens with zero attached hydrogens (tertiary/aromatic N) is 1. The fourth-order valence-electron chi connectivity index (χ4n) is 1.43. The Morgan fingerprint density at radius 3 is 2.42 bits per heavy atom. The molecule has 1 aromatic heterocycles. The van der Waals surface area contributed by atoms with Gasteiger partial charge in [0.05, 0.1) is 6.54 Å². The molecular formula is C13H24N2O3S. The molecule has 0 aliphatic rings. The summed E-state index contributed by atoms with van der Waals surface area (Å²) in [6, 6.07) is 3.20. The quantitative estimate of drug-likeness (QED) is 0.832. The molecule has 1 unspecified atom stereocenters. The van der Waals surface area contributed by atoms with Gasteiger partial charge in [0, 0.05) is 14.1 Å². The number of nitrogens with one attached hydrogen (secondary N) is 1. The molecule has 0 amide bonds. The summed E-state index contributed by atoms with van der Waals surface area (Å²) in [4.78, 5) is 0. The minimum atomic E-state index is -3.47. The van der Waals surface area contributed by atoms with Gasteiger partial charge in [-0.2, -0.15) is 0 Å². The van der Waals surface area contributed by atoms with Crippen LogP contribution < -0.4 is 5.32 Å². The van der Waals surface area contributed by atoms with Crippen molar-refractivity contribution in [1.82, 2.24) is 9.62 Å². The summed E-state index contributed by atoms with van der Waals surface area (Å²) in [6.07, 6.45) is 0. The molecule has 0 saturated carbocycles. The summed E-state index contributed by atoms with van der Waals surface area (Å²) in [5.41, 5.74) is 0. The molecule has 6 heteroatoms. The Labute approximate surface area is 116 Å². The minimum absolute atomic E-state index is 0.00814. The van der Waals surface area contributed by atoms with Crippen molar-refractivity contribution in [1.29, 1.82) is 0 Å². The first-order valence-corrected chi connectivity index (χ1v) is 7.91. The SMILES string of the molecule is CC(C)C(C)CNCc1ccc(S(=O)(=O)N(C)C)o1. The highest BCUT2D eigenvalue weighted by Gasteiger charge is 2.21. The van der Waals surface area contributed by atoms with Crippen LogP contribution in [0.1, 0.15) is 26.5 Å². The first-order valence-electron chi connectivity index (χ1n) is 6.47. The maximum Gasteiger partial charge on any atom is 0.275 e. The molecule has 1 heterocycles. The predicted molar refractivity (Wildman–Crippen MR) is 75.3 cm³/mol. The molecule has 5 nitrogen and oxygen atoms in total. The van der Waals surface area contributed by atoms with Gasteiger partial charge in [-0.25, -0.2) is 12.7 Å². The van der Waals surface area contributed by atoms with Crippen molar-refractivity contribution >= 4 is 10.0 Å². The Balaban J connectivity index is 2.57. The van der Waals surface area contributed by atoms with E-state index in [1.54, 1.807) is 6.07 Å². The summed E-state index contributed by atoms with van der Waals surface area (Å²) in [5.74, 6) is 1.82. The van der Waals surface area contributed by atoms with Crippen LogP contribution in [-0.2, 0) is 16.6 Å². The Morgan fingerprint density at radius 1 is 1.26 bits per heavy atom. The number of furan rings is 1. The lowest BCUT2D eigenvalue weighted by atomic mass is 9.98. The molecule has 1 aromatic rings. The largest absolute Gasteiger partial charge is 0.447 e. The zero-order chi connectivity index (χ0) is 14.6. The average Bonchev–Trinajstić information content (AvgIpc) is 2.77. The molecule has 0 fully saturated rings. The number of rotatable bonds is 7. The van der Waals surface area contributed by atoms with Gasteiger partial charge in [-0.15, -0.1) is 0 Å². The van der Waals surface area contributed by atoms with E-state index in [2.05, 4.69) is 26.1 Å². The highest BCUT2D eigenvalue weighted by atomic mass is 32.2. The Morgan fingerprint density at radius 2 is 1.89 bits per heavy atom. The van der Waals surface area contributed by atoms with Crippen molar-refractivity contribution in [2.24, 2.45) is 11.8 Å². The normalized spacial score (nSPS) is 14.3. The molecular weight excluding hydrogens is 264 g/mol. The van der Waals surface area contributed by atoms with Crippen LogP contribution in [0, 0.1) is 11.8 Å². The zero-order valence-electron chi connectivity index (χ0n) is 12.3. The van der Waals surface area contributed by atoms with Gasteiger partial charge in [-0.05, 0) is 30.5 Å². The van der Waals surface area contributed by atoms with Crippen molar-refractivity contribution in [3.05, 3.63) is 17.9 Å². The average molecular weight is 288 g/mol. The van der Waals surface area contributed by atoms with Gasteiger partial charge in [-0.3, -0.25) is 0 Å². The molecule has 1 rings (SSSR count). The maximum atomic E-state index is 11.8. The number of hydrogen-bond donors (Lipinski definition) is 1. The fraction of sp³-hybridized carbons (Fsp3) is 0.692. The van der Waals surface area contributed by atoms with Crippen molar-refractivity contribution in [2.75, 3.05) is 20.6 Å². The van der Waals surface area contributed by atoms with E-state index in [9.17, 15) is 8.42 Å². The van der Waals surface area contributed by atoms with Crippen LogP contribution in [0.3, 0.4) is 0 Å². The van der Waals surface area contributed by atoms with Crippen LogP contribution in [-0.4, -0.2) is 33.4 Å². The second kappa shape index (κ2) is 6.54. The molecule has 110 valence electrons. The lowest BCUT2D eigenvalue weighted by Crippen LogP contribution is -2.23. The van der Waals surface area contributed by atoms with Crippen LogP contribution in [0.15, 0.2) is 21.6 Å². The van der Waals surface area contributed by atoms with E-state index >= 15 is 0 Å². The van der Waals surface area contributed by atoms with Gasteiger partial charge >= 0.3 is 0 Å². The van der Waals surface area contributed by atoms with E-state index in [4.69, 9.17) is 4.42 Å². The summed E-state index contributed by atoms with van der Waals surface area (Å²) >= 11 is 0. The van der Waals surface area contributed by atoms with E-state index in [0.717, 1.165) is 10.8 Å². The van der Waals surface area contributed by atoms with Crippen LogP contribution >= 0.6 is 0 Å². The summed E-state index contributed by atoms with van der Waals surface area (Å²) < 4.78 is 30.2. The van der Waals surface area contributed by atoms with Gasteiger partial charge in [0.1, 0.15) is 5.76 Å². The third-order valence-electron chi connectivity index (χ3n) is 3.28. The van der Waals surface area contributed by atoms with Gasteiger partial charge in [0.2, 0.25) is 5.09 Å². The summed E-state index contributed by atoms with van der Waals surface area (Å²) in [7, 11) is -0.500. The van der Waals surface area contributed by atoms with Crippen molar-refractivity contribution < 1.29 is 12.8 Å². The third-order valence-corrected chi connectivity index (χ3v) is 4.96. The van der Waals surface area contributed by atoms with E-state index in [-0.39, 0.29) is 5.09 Å². The van der Waals surface area contributed by atoms with E-state index < -0.39 is 10.0 Å². The lowest BCUT2D eigenvalue weighted by molar-refractivity contribution is 0.361. The minimum Gasteiger partial charge on any atom is -0.447 e. The number of sulfonamides is 1. The second-order valence-electron chi connectivity index (χ2n) is 5.36. The van der Waals surface area contributed by atoms with Crippen LogP contribution in [0.2, 0.25) is 0 Å².